The summed E-state index contributed by atoms with van der Waals surface area (Å²) in [5, 5.41) is 0. The molecule has 0 aliphatic carbocycles. The number of allylic oxidation sites excluding steroid dienone is 1. The van der Waals surface area contributed by atoms with Crippen molar-refractivity contribution in [2.75, 3.05) is 58.4 Å². The van der Waals surface area contributed by atoms with Crippen LogP contribution in [0.5, 0.6) is 0 Å². The number of likely N-dealkylation sites (tertiary alicyclic amines) is 1. The van der Waals surface area contributed by atoms with E-state index in [1.165, 1.54) is 0 Å². The van der Waals surface area contributed by atoms with Crippen molar-refractivity contribution in [1.82, 2.24) is 9.80 Å². The predicted molar refractivity (Wildman–Crippen MR) is 126 cm³/mol. The highest BCUT2D eigenvalue weighted by Crippen LogP contribution is 2.25. The van der Waals surface area contributed by atoms with Crippen molar-refractivity contribution in [3.63, 3.8) is 0 Å². The van der Waals surface area contributed by atoms with Crippen LogP contribution in [0.4, 0.5) is 10.5 Å². The first kappa shape index (κ1) is 23.1. The fourth-order valence-electron chi connectivity index (χ4n) is 3.78. The summed E-state index contributed by atoms with van der Waals surface area (Å²) in [6.45, 7) is 9.74. The van der Waals surface area contributed by atoms with Gasteiger partial charge in [-0.3, -0.25) is 0 Å². The van der Waals surface area contributed by atoms with Gasteiger partial charge in [-0.15, -0.1) is 0 Å². The molecule has 2 aliphatic rings. The van der Waals surface area contributed by atoms with E-state index in [0.29, 0.717) is 32.2 Å². The quantitative estimate of drug-likeness (QED) is 0.510. The van der Waals surface area contributed by atoms with Crippen LogP contribution in [0.1, 0.15) is 39.2 Å². The number of carbonyl (C=O) groups excluding carboxylic acids is 1. The van der Waals surface area contributed by atoms with Crippen LogP contribution in [0.2, 0.25) is 0 Å². The Hall–Kier alpha value is -2.54. The molecule has 0 N–H and O–H groups in total. The number of anilines is 1. The second-order valence-corrected chi connectivity index (χ2v) is 8.46. The zero-order valence-corrected chi connectivity index (χ0v) is 19.6. The van der Waals surface area contributed by atoms with E-state index in [0.717, 1.165) is 42.9 Å². The van der Waals surface area contributed by atoms with Gasteiger partial charge in [0.1, 0.15) is 12.2 Å². The summed E-state index contributed by atoms with van der Waals surface area (Å²) in [5.74, 6) is 0.590. The molecule has 1 aromatic carbocycles. The number of ether oxygens (including phenoxy) is 2. The zero-order valence-electron chi connectivity index (χ0n) is 19.6. The lowest BCUT2D eigenvalue weighted by Gasteiger charge is -2.44. The van der Waals surface area contributed by atoms with Gasteiger partial charge in [0.25, 0.3) is 0 Å². The number of rotatable bonds is 6. The topological polar surface area (TPSA) is 57.6 Å². The van der Waals surface area contributed by atoms with E-state index < -0.39 is 5.60 Å². The van der Waals surface area contributed by atoms with Crippen molar-refractivity contribution >= 4 is 23.3 Å². The first-order chi connectivity index (χ1) is 14.9. The lowest BCUT2D eigenvalue weighted by Crippen LogP contribution is -2.60. The molecule has 0 spiro atoms. The van der Waals surface area contributed by atoms with Gasteiger partial charge in [-0.1, -0.05) is 25.1 Å². The average molecular weight is 429 g/mol. The van der Waals surface area contributed by atoms with Crippen molar-refractivity contribution in [1.29, 1.82) is 0 Å². The lowest BCUT2D eigenvalue weighted by molar-refractivity contribution is -0.124. The second-order valence-electron chi connectivity index (χ2n) is 8.46. The third-order valence-electron chi connectivity index (χ3n) is 6.06. The zero-order chi connectivity index (χ0) is 22.4. The second kappa shape index (κ2) is 10.2. The molecule has 2 amide bonds. The minimum absolute atomic E-state index is 0.120. The molecule has 0 aromatic heterocycles. The largest absolute Gasteiger partial charge is 0.478 e. The number of carbonyl (C=O) groups is 1. The average Bonchev–Trinajstić information content (AvgIpc) is 2.75. The fourth-order valence-corrected chi connectivity index (χ4v) is 3.78. The van der Waals surface area contributed by atoms with Crippen LogP contribution in [0.3, 0.4) is 0 Å². The molecule has 0 radical (unpaired) electrons. The van der Waals surface area contributed by atoms with Gasteiger partial charge in [-0.05, 0) is 31.9 Å². The van der Waals surface area contributed by atoms with Crippen molar-refractivity contribution in [3.05, 3.63) is 35.9 Å². The third kappa shape index (κ3) is 5.58. The van der Waals surface area contributed by atoms with Crippen LogP contribution < -0.4 is 4.90 Å². The van der Waals surface area contributed by atoms with E-state index in [9.17, 15) is 4.79 Å². The van der Waals surface area contributed by atoms with Gasteiger partial charge >= 0.3 is 6.03 Å². The monoisotopic (exact) mass is 428 g/mol. The Kier molecular flexibility index (Phi) is 7.59. The summed E-state index contributed by atoms with van der Waals surface area (Å²) in [4.78, 5) is 23.2. The van der Waals surface area contributed by atoms with Crippen molar-refractivity contribution in [2.24, 2.45) is 4.99 Å². The molecule has 2 heterocycles. The summed E-state index contributed by atoms with van der Waals surface area (Å²) >= 11 is 0. The molecule has 1 atom stereocenters. The Morgan fingerprint density at radius 3 is 2.48 bits per heavy atom. The first-order valence-corrected chi connectivity index (χ1v) is 11.2. The van der Waals surface area contributed by atoms with E-state index in [4.69, 9.17) is 14.5 Å². The number of nitrogens with zero attached hydrogens (tertiary/aromatic N) is 4. The normalized spacial score (nSPS) is 22.2. The molecule has 0 bridgehead atoms. The van der Waals surface area contributed by atoms with Crippen molar-refractivity contribution < 1.29 is 14.3 Å². The molecule has 2 aliphatic heterocycles. The SMILES string of the molecule is CC=C(N=C(C)OCC1(CC)CN(C(=O)N2CCC2)CCO1)c1ccc(N(C)C)cc1. The molecule has 2 saturated heterocycles. The maximum atomic E-state index is 12.7. The highest BCUT2D eigenvalue weighted by molar-refractivity contribution is 5.82. The predicted octanol–water partition coefficient (Wildman–Crippen LogP) is 3.86. The van der Waals surface area contributed by atoms with Gasteiger partial charge in [0.2, 0.25) is 0 Å². The number of hydrogen-bond acceptors (Lipinski definition) is 5. The summed E-state index contributed by atoms with van der Waals surface area (Å²) in [7, 11) is 4.05. The molecule has 7 heteroatoms. The molecule has 7 nitrogen and oxygen atoms in total. The van der Waals surface area contributed by atoms with Crippen molar-refractivity contribution in [3.8, 4) is 0 Å². The van der Waals surface area contributed by atoms with Crippen LogP contribution >= 0.6 is 0 Å². The molecule has 0 saturated carbocycles. The van der Waals surface area contributed by atoms with Gasteiger partial charge < -0.3 is 24.2 Å². The standard InChI is InChI=1S/C24H36N4O3/c1-6-22(20-9-11-21(12-10-20)26(4)5)25-19(3)30-18-24(7-2)17-28(15-16-31-24)23(29)27-13-8-14-27/h6,9-12H,7-8,13-18H2,1-5H3. The molecule has 31 heavy (non-hydrogen) atoms. The molecule has 3 rings (SSSR count). The van der Waals surface area contributed by atoms with Crippen LogP contribution in [0.25, 0.3) is 5.70 Å². The van der Waals surface area contributed by atoms with E-state index >= 15 is 0 Å². The number of morpholine rings is 1. The van der Waals surface area contributed by atoms with E-state index in [1.807, 2.05) is 43.8 Å². The minimum Gasteiger partial charge on any atom is -0.478 e. The highest BCUT2D eigenvalue weighted by Gasteiger charge is 2.39. The summed E-state index contributed by atoms with van der Waals surface area (Å²) in [6.07, 6.45) is 3.85. The van der Waals surface area contributed by atoms with E-state index in [1.54, 1.807) is 0 Å². The molecular weight excluding hydrogens is 392 g/mol. The number of aliphatic imine (C=N–C) groups is 1. The number of urea groups is 1. The maximum absolute atomic E-state index is 12.7. The molecule has 170 valence electrons. The molecule has 2 fully saturated rings. The van der Waals surface area contributed by atoms with Crippen LogP contribution in [0, 0.1) is 0 Å². The van der Waals surface area contributed by atoms with Gasteiger partial charge in [-0.25, -0.2) is 9.79 Å². The Morgan fingerprint density at radius 1 is 1.23 bits per heavy atom. The Morgan fingerprint density at radius 2 is 1.94 bits per heavy atom. The third-order valence-corrected chi connectivity index (χ3v) is 6.06. The molecule has 1 unspecified atom stereocenters. The van der Waals surface area contributed by atoms with Crippen LogP contribution in [0.15, 0.2) is 35.3 Å². The maximum Gasteiger partial charge on any atom is 0.320 e. The van der Waals surface area contributed by atoms with Gasteiger partial charge in [0.15, 0.2) is 5.90 Å². The Bertz CT molecular complexity index is 815. The number of amides is 2. The minimum atomic E-state index is -0.501. The van der Waals surface area contributed by atoms with Gasteiger partial charge in [-0.2, -0.15) is 0 Å². The molecular formula is C24H36N4O3. The summed E-state index contributed by atoms with van der Waals surface area (Å²) in [5.41, 5.74) is 2.56. The summed E-state index contributed by atoms with van der Waals surface area (Å²) in [6, 6.07) is 8.42. The summed E-state index contributed by atoms with van der Waals surface area (Å²) < 4.78 is 12.2. The highest BCUT2D eigenvalue weighted by atomic mass is 16.5. The Balaban J connectivity index is 1.63. The first-order valence-electron chi connectivity index (χ1n) is 11.2. The Labute approximate surface area is 186 Å². The number of hydrogen-bond donors (Lipinski definition) is 0. The molecule has 1 aromatic rings. The smallest absolute Gasteiger partial charge is 0.320 e. The number of benzene rings is 1. The van der Waals surface area contributed by atoms with Gasteiger partial charge in [0.05, 0.1) is 18.8 Å². The lowest BCUT2D eigenvalue weighted by atomic mass is 9.99. The van der Waals surface area contributed by atoms with Gasteiger partial charge in [0, 0.05) is 51.9 Å². The fraction of sp³-hybridized carbons (Fsp3) is 0.583. The van der Waals surface area contributed by atoms with Crippen LogP contribution in [-0.4, -0.2) is 80.8 Å². The van der Waals surface area contributed by atoms with Crippen LogP contribution in [-0.2, 0) is 9.47 Å². The van der Waals surface area contributed by atoms with E-state index in [-0.39, 0.29) is 6.03 Å². The van der Waals surface area contributed by atoms with Crippen molar-refractivity contribution in [2.45, 2.75) is 39.2 Å². The van der Waals surface area contributed by atoms with E-state index in [2.05, 4.69) is 36.1 Å².